The number of carboxylic acid groups (broad SMARTS) is 1. The molecule has 0 spiro atoms. The van der Waals surface area contributed by atoms with E-state index in [0.29, 0.717) is 0 Å². The van der Waals surface area contributed by atoms with E-state index < -0.39 is 13.8 Å². The summed E-state index contributed by atoms with van der Waals surface area (Å²) < 4.78 is 60.5. The van der Waals surface area contributed by atoms with Crippen molar-refractivity contribution in [1.82, 2.24) is 0 Å². The number of aromatic carboxylic acids is 1. The van der Waals surface area contributed by atoms with Crippen molar-refractivity contribution in [2.24, 2.45) is 0 Å². The molecule has 0 aliphatic carbocycles. The summed E-state index contributed by atoms with van der Waals surface area (Å²) in [5, 5.41) is 8.54. The first kappa shape index (κ1) is 16.4. The summed E-state index contributed by atoms with van der Waals surface area (Å²) in [5.41, 5.74) is 0.203. The first-order valence-electron chi connectivity index (χ1n) is 4.04. The maximum atomic E-state index is 10.4. The molecule has 0 bridgehead atoms. The fourth-order valence-electron chi connectivity index (χ4n) is 0.695. The monoisotopic (exact) mass is 299 g/mol. The molecule has 0 aromatic carbocycles. The first-order valence-corrected chi connectivity index (χ1v) is 6.07. The molecule has 0 radical (unpaired) electrons. The van der Waals surface area contributed by atoms with Crippen LogP contribution in [0.2, 0.25) is 0 Å². The van der Waals surface area contributed by atoms with E-state index in [1.54, 1.807) is 12.3 Å². The predicted octanol–water partition coefficient (Wildman–Crippen LogP) is 3.11. The van der Waals surface area contributed by atoms with Crippen LogP contribution in [-0.4, -0.2) is 18.2 Å². The molecule has 1 N–H and O–H groups in total. The Balaban J connectivity index is 0.000000360. The van der Waals surface area contributed by atoms with Gasteiger partial charge in [0.1, 0.15) is 12.7 Å². The van der Waals surface area contributed by atoms with Gasteiger partial charge in [0.15, 0.2) is 0 Å². The minimum atomic E-state index is -10.7. The molecule has 0 saturated heterocycles. The fraction of sp³-hybridized carbons (Fsp3) is 0.143. The standard InChI is InChI=1S/C7H7NO3.F6P/c1-11-8-4-2-3-6(5-8)7(9)10;1-7(2,3,4,5)6/h2-5H,1H3;/q;-1/p+1. The Morgan fingerprint density at radius 1 is 1.28 bits per heavy atom. The van der Waals surface area contributed by atoms with E-state index in [0.717, 1.165) is 0 Å². The molecule has 0 fully saturated rings. The second kappa shape index (κ2) is 4.27. The zero-order valence-corrected chi connectivity index (χ0v) is 9.63. The molecule has 1 aromatic rings. The molecular formula is C7H8F6NO3P. The van der Waals surface area contributed by atoms with Crippen LogP contribution >= 0.6 is 7.81 Å². The summed E-state index contributed by atoms with van der Waals surface area (Å²) in [6.07, 6.45) is 3.01. The van der Waals surface area contributed by atoms with Crippen LogP contribution in [0.5, 0.6) is 0 Å². The molecule has 1 heterocycles. The van der Waals surface area contributed by atoms with Gasteiger partial charge in [-0.15, -0.1) is 0 Å². The molecule has 106 valence electrons. The number of rotatable bonds is 2. The molecule has 0 amide bonds. The number of carboxylic acids is 1. The van der Waals surface area contributed by atoms with Crippen LogP contribution in [0.4, 0.5) is 25.2 Å². The van der Waals surface area contributed by atoms with Crippen molar-refractivity contribution in [3.63, 3.8) is 0 Å². The van der Waals surface area contributed by atoms with Crippen LogP contribution in [0.15, 0.2) is 24.5 Å². The molecular weight excluding hydrogens is 291 g/mol. The Bertz CT molecular complexity index is 433. The number of pyridine rings is 1. The van der Waals surface area contributed by atoms with E-state index in [9.17, 15) is 30.0 Å². The second-order valence-corrected chi connectivity index (χ2v) is 4.82. The second-order valence-electron chi connectivity index (χ2n) is 2.90. The number of halogens is 6. The molecule has 11 heteroatoms. The van der Waals surface area contributed by atoms with Crippen molar-refractivity contribution >= 4 is 13.8 Å². The molecule has 0 unspecified atom stereocenters. The van der Waals surface area contributed by atoms with Gasteiger partial charge in [-0.2, -0.15) is 0 Å². The van der Waals surface area contributed by atoms with E-state index in [2.05, 4.69) is 0 Å². The Hall–Kier alpha value is -1.57. The summed E-state index contributed by atoms with van der Waals surface area (Å²) in [5.74, 6) is -0.962. The predicted molar refractivity (Wildman–Crippen MR) is 49.7 cm³/mol. The molecule has 0 aliphatic heterocycles. The number of hydrogen-bond acceptors (Lipinski definition) is 2. The van der Waals surface area contributed by atoms with Crippen molar-refractivity contribution in [1.29, 1.82) is 0 Å². The van der Waals surface area contributed by atoms with Gasteiger partial charge in [-0.25, -0.2) is 4.79 Å². The topological polar surface area (TPSA) is 50.4 Å². The van der Waals surface area contributed by atoms with Crippen molar-refractivity contribution in [3.05, 3.63) is 30.1 Å². The quantitative estimate of drug-likeness (QED) is 0.518. The van der Waals surface area contributed by atoms with Gasteiger partial charge in [0.2, 0.25) is 12.4 Å². The van der Waals surface area contributed by atoms with Crippen LogP contribution in [0.3, 0.4) is 0 Å². The Morgan fingerprint density at radius 2 is 1.72 bits per heavy atom. The molecule has 0 atom stereocenters. The van der Waals surface area contributed by atoms with Crippen LogP contribution in [-0.2, 0) is 0 Å². The summed E-state index contributed by atoms with van der Waals surface area (Å²) in [6, 6.07) is 3.10. The number of aromatic nitrogens is 1. The molecule has 0 aliphatic rings. The molecule has 0 saturated carbocycles. The normalized spacial score (nSPS) is 14.6. The summed E-state index contributed by atoms with van der Waals surface area (Å²) >= 11 is 0. The number of carbonyl (C=O) groups is 1. The third-order valence-electron chi connectivity index (χ3n) is 1.23. The Kier molecular flexibility index (Phi) is 3.90. The molecule has 18 heavy (non-hydrogen) atoms. The third-order valence-corrected chi connectivity index (χ3v) is 1.23. The average molecular weight is 299 g/mol. The van der Waals surface area contributed by atoms with Crippen molar-refractivity contribution in [2.45, 2.75) is 0 Å². The number of hydrogen-bond donors (Lipinski definition) is 1. The summed E-state index contributed by atoms with van der Waals surface area (Å²) in [4.78, 5) is 15.2. The van der Waals surface area contributed by atoms with Gasteiger partial charge in [-0.05, 0) is 6.07 Å². The van der Waals surface area contributed by atoms with Crippen molar-refractivity contribution < 1.29 is 44.7 Å². The molecule has 1 aromatic heterocycles. The van der Waals surface area contributed by atoms with E-state index in [-0.39, 0.29) is 5.56 Å². The van der Waals surface area contributed by atoms with E-state index in [1.807, 2.05) is 0 Å². The van der Waals surface area contributed by atoms with Crippen LogP contribution in [0, 0.1) is 0 Å². The van der Waals surface area contributed by atoms with Gasteiger partial charge >= 0.3 is 39.0 Å². The van der Waals surface area contributed by atoms with Crippen LogP contribution in [0.1, 0.15) is 10.4 Å². The average Bonchev–Trinajstić information content (AvgIpc) is 2.13. The number of nitrogens with zero attached hydrogens (tertiary/aromatic N) is 1. The van der Waals surface area contributed by atoms with E-state index in [4.69, 9.17) is 9.94 Å². The minimum absolute atomic E-state index is 0.203. The molecule has 1 rings (SSSR count). The Labute approximate surface area is 96.6 Å². The molecule has 4 nitrogen and oxygen atoms in total. The Morgan fingerprint density at radius 3 is 2.06 bits per heavy atom. The van der Waals surface area contributed by atoms with Gasteiger partial charge in [-0.3, -0.25) is 4.84 Å². The first-order chi connectivity index (χ1) is 7.69. The summed E-state index contributed by atoms with van der Waals surface area (Å²) in [7, 11) is -9.19. The van der Waals surface area contributed by atoms with Crippen LogP contribution < -0.4 is 9.57 Å². The zero-order chi connectivity index (χ0) is 14.7. The maximum absolute atomic E-state index is 10.7. The van der Waals surface area contributed by atoms with Gasteiger partial charge in [0.05, 0.1) is 0 Å². The van der Waals surface area contributed by atoms with E-state index >= 15 is 0 Å². The zero-order valence-electron chi connectivity index (χ0n) is 8.74. The van der Waals surface area contributed by atoms with Crippen LogP contribution in [0.25, 0.3) is 0 Å². The van der Waals surface area contributed by atoms with E-state index in [1.165, 1.54) is 24.1 Å². The van der Waals surface area contributed by atoms with Crippen molar-refractivity contribution in [3.8, 4) is 0 Å². The third kappa shape index (κ3) is 12.5. The SMILES string of the molecule is CO[n+]1cccc(C(=O)O)c1.F[P-](F)(F)(F)(F)F. The van der Waals surface area contributed by atoms with Gasteiger partial charge in [0.25, 0.3) is 0 Å². The fourth-order valence-corrected chi connectivity index (χ4v) is 0.695. The van der Waals surface area contributed by atoms with Crippen molar-refractivity contribution in [2.75, 3.05) is 7.11 Å². The summed E-state index contributed by atoms with van der Waals surface area (Å²) in [6.45, 7) is 0. The van der Waals surface area contributed by atoms with Gasteiger partial charge in [-0.1, -0.05) is 0 Å². The van der Waals surface area contributed by atoms with Gasteiger partial charge < -0.3 is 5.11 Å². The van der Waals surface area contributed by atoms with Gasteiger partial charge in [0, 0.05) is 10.8 Å².